The Labute approximate surface area is 350 Å². The number of benzene rings is 2. The normalized spacial score (nSPS) is 21.4. The molecule has 326 valence electrons. The van der Waals surface area contributed by atoms with Gasteiger partial charge in [0, 0.05) is 13.1 Å². The van der Waals surface area contributed by atoms with E-state index in [-0.39, 0.29) is 49.3 Å². The van der Waals surface area contributed by atoms with Crippen LogP contribution in [0.3, 0.4) is 0 Å². The van der Waals surface area contributed by atoms with Gasteiger partial charge >= 0.3 is 6.09 Å². The Morgan fingerprint density at radius 2 is 1.55 bits per heavy atom. The molecule has 4 unspecified atom stereocenters. The number of alkyl carbamates (subject to hydrolysis) is 1. The number of nitrogens with two attached hydrogens (primary N) is 1. The third-order valence-electron chi connectivity index (χ3n) is 11.5. The standard InChI is InChI=1S/C42H57N7O10S/c1-4-14-32(36(51)38(53)44-23-33(50)47-34(37(43)52)27-15-8-5-9-16-27)46-40(55)42-21-31(42)29(22-45-60(57,58)30-19-12-7-13-20-30)24-49(42)39(54)35(28-17-10-6-11-18-28)48-41(56)59-25-26(2)3/h5,7-9,12-13,15-16,19-20,26,28-29,31-32,34-35,45H,4,6,10-11,14,17-18,21-25H2,1-3H3,(H2,43,52)(H,44,53)(H,46,55)(H,47,50)(H,48,56)/t29-,31?,32?,34?,35?,42+/m0/s1. The number of primary amides is 1. The van der Waals surface area contributed by atoms with Gasteiger partial charge in [-0.2, -0.15) is 0 Å². The third-order valence-corrected chi connectivity index (χ3v) is 12.9. The second-order valence-electron chi connectivity index (χ2n) is 16.3. The summed E-state index contributed by atoms with van der Waals surface area (Å²) in [5.74, 6) is -6.23. The summed E-state index contributed by atoms with van der Waals surface area (Å²) in [7, 11) is -3.95. The number of sulfonamides is 1. The Balaban J connectivity index is 1.34. The highest BCUT2D eigenvalue weighted by molar-refractivity contribution is 7.89. The molecule has 0 aromatic heterocycles. The minimum Gasteiger partial charge on any atom is -0.449 e. The molecule has 1 saturated heterocycles. The summed E-state index contributed by atoms with van der Waals surface area (Å²) in [6, 6.07) is 12.5. The first kappa shape index (κ1) is 45.7. The van der Waals surface area contributed by atoms with Crippen molar-refractivity contribution in [3.05, 3.63) is 66.2 Å². The summed E-state index contributed by atoms with van der Waals surface area (Å²) in [4.78, 5) is 95.4. The molecule has 7 N–H and O–H groups in total. The molecule has 5 rings (SSSR count). The smallest absolute Gasteiger partial charge is 0.407 e. The van der Waals surface area contributed by atoms with Crippen LogP contribution in [0.25, 0.3) is 0 Å². The van der Waals surface area contributed by atoms with Gasteiger partial charge in [-0.25, -0.2) is 17.9 Å². The van der Waals surface area contributed by atoms with Crippen LogP contribution < -0.4 is 31.7 Å². The molecular formula is C42H57N7O10S. The third kappa shape index (κ3) is 11.1. The van der Waals surface area contributed by atoms with E-state index in [2.05, 4.69) is 26.0 Å². The van der Waals surface area contributed by atoms with Crippen molar-refractivity contribution in [3.8, 4) is 0 Å². The van der Waals surface area contributed by atoms with Gasteiger partial charge in [0.1, 0.15) is 17.6 Å². The summed E-state index contributed by atoms with van der Waals surface area (Å²) in [5, 5.41) is 10.2. The van der Waals surface area contributed by atoms with Crippen LogP contribution in [0, 0.1) is 23.7 Å². The maximum atomic E-state index is 14.8. The van der Waals surface area contributed by atoms with Crippen LogP contribution in [0.1, 0.15) is 83.7 Å². The summed E-state index contributed by atoms with van der Waals surface area (Å²) in [6.45, 7) is 4.87. The van der Waals surface area contributed by atoms with Gasteiger partial charge in [0.25, 0.3) is 5.91 Å². The molecule has 0 radical (unpaired) electrons. The second-order valence-corrected chi connectivity index (χ2v) is 18.1. The Morgan fingerprint density at radius 3 is 2.17 bits per heavy atom. The fourth-order valence-electron chi connectivity index (χ4n) is 8.30. The molecule has 0 bridgehead atoms. The summed E-state index contributed by atoms with van der Waals surface area (Å²) in [5.41, 5.74) is 4.41. The van der Waals surface area contributed by atoms with Crippen LogP contribution in [0.2, 0.25) is 0 Å². The lowest BCUT2D eigenvalue weighted by Gasteiger charge is -2.36. The van der Waals surface area contributed by atoms with Gasteiger partial charge in [-0.1, -0.05) is 95.0 Å². The fourth-order valence-corrected chi connectivity index (χ4v) is 9.41. The first-order valence-corrected chi connectivity index (χ1v) is 22.1. The highest BCUT2D eigenvalue weighted by Crippen LogP contribution is 2.59. The van der Waals surface area contributed by atoms with Crippen LogP contribution in [0.5, 0.6) is 0 Å². The lowest BCUT2D eigenvalue weighted by Crippen LogP contribution is -2.60. The molecule has 1 heterocycles. The number of piperidine rings is 1. The molecule has 2 aromatic rings. The number of likely N-dealkylation sites (tertiary alicyclic amines) is 1. The molecule has 2 aliphatic carbocycles. The number of amides is 6. The van der Waals surface area contributed by atoms with Crippen LogP contribution in [-0.2, 0) is 43.5 Å². The summed E-state index contributed by atoms with van der Waals surface area (Å²) >= 11 is 0. The molecular weight excluding hydrogens is 795 g/mol. The van der Waals surface area contributed by atoms with Gasteiger partial charge in [-0.05, 0) is 67.1 Å². The fraction of sp³-hybridized carbons (Fsp3) is 0.548. The predicted molar refractivity (Wildman–Crippen MR) is 219 cm³/mol. The van der Waals surface area contributed by atoms with Crippen molar-refractivity contribution < 1.29 is 46.7 Å². The molecule has 3 aliphatic rings. The number of carbonyl (C=O) groups excluding carboxylic acids is 7. The average molecular weight is 852 g/mol. The zero-order chi connectivity index (χ0) is 43.6. The number of rotatable bonds is 20. The lowest BCUT2D eigenvalue weighted by molar-refractivity contribution is -0.145. The minimum absolute atomic E-state index is 0.0164. The van der Waals surface area contributed by atoms with Crippen LogP contribution in [-0.4, -0.2) is 98.6 Å². The van der Waals surface area contributed by atoms with E-state index >= 15 is 0 Å². The Kier molecular flexibility index (Phi) is 15.4. The number of nitrogens with one attached hydrogen (secondary N) is 5. The van der Waals surface area contributed by atoms with Crippen molar-refractivity contribution in [2.75, 3.05) is 26.2 Å². The molecule has 6 amide bonds. The van der Waals surface area contributed by atoms with E-state index in [0.29, 0.717) is 24.8 Å². The summed E-state index contributed by atoms with van der Waals surface area (Å²) in [6.07, 6.45) is 3.80. The van der Waals surface area contributed by atoms with Gasteiger partial charge in [0.15, 0.2) is 0 Å². The van der Waals surface area contributed by atoms with Crippen molar-refractivity contribution in [1.29, 1.82) is 0 Å². The Bertz CT molecular complexity index is 1990. The first-order chi connectivity index (χ1) is 28.6. The molecule has 1 aliphatic heterocycles. The molecule has 18 heteroatoms. The highest BCUT2D eigenvalue weighted by atomic mass is 32.2. The largest absolute Gasteiger partial charge is 0.449 e. The predicted octanol–water partition coefficient (Wildman–Crippen LogP) is 1.83. The molecule has 6 atom stereocenters. The van der Waals surface area contributed by atoms with Crippen molar-refractivity contribution in [3.63, 3.8) is 0 Å². The molecule has 2 aromatic carbocycles. The SMILES string of the molecule is CCCC(NC(=O)[C@@]12CC1[C@@H](CNS(=O)(=O)c1ccccc1)CN2C(=O)C(NC(=O)OCC(C)C)C1CCCCC1)C(=O)C(=O)NCC(=O)NC(C(N)=O)c1ccccc1. The summed E-state index contributed by atoms with van der Waals surface area (Å²) < 4.78 is 34.5. The number of ether oxygens (including phenoxy) is 1. The molecule has 0 spiro atoms. The van der Waals surface area contributed by atoms with E-state index in [1.807, 2.05) is 13.8 Å². The number of nitrogens with zero attached hydrogens (tertiary/aromatic N) is 1. The monoisotopic (exact) mass is 851 g/mol. The maximum absolute atomic E-state index is 14.8. The number of Topliss-reactive ketones (excluding diaryl/α,β-unsaturated/α-hetero) is 1. The molecule has 17 nitrogen and oxygen atoms in total. The average Bonchev–Trinajstić information content (AvgIpc) is 3.91. The van der Waals surface area contributed by atoms with E-state index in [0.717, 1.165) is 19.3 Å². The van der Waals surface area contributed by atoms with Crippen molar-refractivity contribution in [2.24, 2.45) is 29.4 Å². The van der Waals surface area contributed by atoms with E-state index < -0.39 is 93.5 Å². The van der Waals surface area contributed by atoms with Crippen molar-refractivity contribution >= 4 is 51.4 Å². The van der Waals surface area contributed by atoms with Crippen LogP contribution in [0.15, 0.2) is 65.6 Å². The second kappa shape index (κ2) is 20.3. The van der Waals surface area contributed by atoms with E-state index in [4.69, 9.17) is 10.5 Å². The number of fused-ring (bicyclic) bond motifs is 1. The quantitative estimate of drug-likeness (QED) is 0.105. The van der Waals surface area contributed by atoms with Crippen LogP contribution >= 0.6 is 0 Å². The Morgan fingerprint density at radius 1 is 0.900 bits per heavy atom. The van der Waals surface area contributed by atoms with Gasteiger partial charge in [0.05, 0.1) is 24.1 Å². The number of ketones is 1. The van der Waals surface area contributed by atoms with Gasteiger partial charge < -0.3 is 36.6 Å². The van der Waals surface area contributed by atoms with E-state index in [1.54, 1.807) is 55.5 Å². The zero-order valence-electron chi connectivity index (χ0n) is 34.3. The lowest BCUT2D eigenvalue weighted by atomic mass is 9.83. The van der Waals surface area contributed by atoms with Gasteiger partial charge in [-0.15, -0.1) is 0 Å². The number of hydrogen-bond donors (Lipinski definition) is 6. The molecule has 60 heavy (non-hydrogen) atoms. The topological polar surface area (TPSA) is 252 Å². The van der Waals surface area contributed by atoms with Crippen molar-refractivity contribution in [2.45, 2.75) is 101 Å². The zero-order valence-corrected chi connectivity index (χ0v) is 35.1. The number of carbonyl (C=O) groups is 7. The maximum Gasteiger partial charge on any atom is 0.407 e. The Hall–Kier alpha value is -5.36. The minimum atomic E-state index is -3.95. The highest BCUT2D eigenvalue weighted by Gasteiger charge is 2.72. The van der Waals surface area contributed by atoms with Gasteiger partial charge in [0.2, 0.25) is 39.4 Å². The van der Waals surface area contributed by atoms with E-state index in [1.165, 1.54) is 17.0 Å². The van der Waals surface area contributed by atoms with Gasteiger partial charge in [-0.3, -0.25) is 28.8 Å². The van der Waals surface area contributed by atoms with E-state index in [9.17, 15) is 42.0 Å². The van der Waals surface area contributed by atoms with Crippen molar-refractivity contribution in [1.82, 2.24) is 30.9 Å². The van der Waals surface area contributed by atoms with Crippen LogP contribution in [0.4, 0.5) is 4.79 Å². The molecule has 2 saturated carbocycles. The first-order valence-electron chi connectivity index (χ1n) is 20.6. The number of hydrogen-bond acceptors (Lipinski definition) is 10. The molecule has 3 fully saturated rings.